The van der Waals surface area contributed by atoms with Crippen molar-refractivity contribution in [2.24, 2.45) is 5.73 Å². The first-order valence-electron chi connectivity index (χ1n) is 13.3. The van der Waals surface area contributed by atoms with Gasteiger partial charge in [-0.3, -0.25) is 4.79 Å². The van der Waals surface area contributed by atoms with E-state index in [9.17, 15) is 4.79 Å². The fourth-order valence-corrected chi connectivity index (χ4v) is 4.89. The molecule has 3 aromatic rings. The zero-order chi connectivity index (χ0) is 25.6. The van der Waals surface area contributed by atoms with Gasteiger partial charge in [0.25, 0.3) is 5.91 Å². The Bertz CT molecular complexity index is 1200. The molecule has 0 radical (unpaired) electrons. The first-order chi connectivity index (χ1) is 18.1. The van der Waals surface area contributed by atoms with Gasteiger partial charge in [0.1, 0.15) is 11.6 Å². The molecule has 0 bridgehead atoms. The molecule has 2 aliphatic rings. The Morgan fingerprint density at radius 3 is 1.73 bits per heavy atom. The average Bonchev–Trinajstić information content (AvgIpc) is 2.95. The molecule has 1 amide bonds. The van der Waals surface area contributed by atoms with E-state index in [1.165, 1.54) is 38.5 Å². The van der Waals surface area contributed by atoms with Crippen LogP contribution in [0, 0.1) is 0 Å². The monoisotopic (exact) mass is 501 g/mol. The molecule has 10 heteroatoms. The number of carbonyl (C=O) groups is 1. The Labute approximate surface area is 217 Å². The second-order valence-corrected chi connectivity index (χ2v) is 9.59. The van der Waals surface area contributed by atoms with Crippen molar-refractivity contribution >= 4 is 40.6 Å². The molecule has 3 aromatic heterocycles. The number of pyridine rings is 2. The molecule has 0 atom stereocenters. The van der Waals surface area contributed by atoms with Gasteiger partial charge >= 0.3 is 0 Å². The number of carbonyl (C=O) groups excluding carboxylic acids is 1. The zero-order valence-electron chi connectivity index (χ0n) is 21.4. The SMILES string of the molecule is CCc1nc(C(N)=O)c(Nc2ccc(N3CCCCC3)nc2)nc1Nc1ccc(N2CCCCC2)nc1. The van der Waals surface area contributed by atoms with Gasteiger partial charge in [-0.25, -0.2) is 19.9 Å². The summed E-state index contributed by atoms with van der Waals surface area (Å²) >= 11 is 0. The van der Waals surface area contributed by atoms with Gasteiger partial charge in [-0.15, -0.1) is 0 Å². The van der Waals surface area contributed by atoms with Crippen LogP contribution in [0.1, 0.15) is 61.6 Å². The van der Waals surface area contributed by atoms with Crippen LogP contribution in [0.25, 0.3) is 0 Å². The van der Waals surface area contributed by atoms with Gasteiger partial charge in [0.05, 0.1) is 29.5 Å². The van der Waals surface area contributed by atoms with Crippen molar-refractivity contribution in [1.82, 2.24) is 19.9 Å². The molecule has 2 saturated heterocycles. The molecule has 10 nitrogen and oxygen atoms in total. The van der Waals surface area contributed by atoms with E-state index < -0.39 is 5.91 Å². The summed E-state index contributed by atoms with van der Waals surface area (Å²) in [4.78, 5) is 35.4. The maximum atomic E-state index is 12.2. The van der Waals surface area contributed by atoms with E-state index in [1.807, 2.05) is 37.4 Å². The van der Waals surface area contributed by atoms with E-state index in [0.717, 1.165) is 43.5 Å². The van der Waals surface area contributed by atoms with Crippen LogP contribution in [-0.4, -0.2) is 52.0 Å². The summed E-state index contributed by atoms with van der Waals surface area (Å²) in [5.74, 6) is 2.15. The van der Waals surface area contributed by atoms with Crippen molar-refractivity contribution < 1.29 is 4.79 Å². The van der Waals surface area contributed by atoms with Gasteiger partial charge in [-0.2, -0.15) is 0 Å². The standard InChI is InChI=1S/C27H35N9O/c1-2-21-26(31-19-9-11-22(29-17-19)35-13-5-3-6-14-35)34-27(24(33-21)25(28)37)32-20-10-12-23(30-18-20)36-15-7-4-8-16-36/h9-12,17-18H,2-8,13-16H2,1H3,(H2,28,37)(H2,31,32,34). The number of nitrogens with one attached hydrogen (secondary N) is 2. The number of aromatic nitrogens is 4. The van der Waals surface area contributed by atoms with Gasteiger partial charge in [0.15, 0.2) is 17.3 Å². The largest absolute Gasteiger partial charge is 0.364 e. The van der Waals surface area contributed by atoms with Crippen LogP contribution >= 0.6 is 0 Å². The fraction of sp³-hybridized carbons (Fsp3) is 0.444. The average molecular weight is 502 g/mol. The number of hydrogen-bond acceptors (Lipinski definition) is 9. The topological polar surface area (TPSA) is 125 Å². The molecular weight excluding hydrogens is 466 g/mol. The van der Waals surface area contributed by atoms with Gasteiger partial charge in [-0.05, 0) is 69.2 Å². The lowest BCUT2D eigenvalue weighted by molar-refractivity contribution is 0.0996. The number of hydrogen-bond donors (Lipinski definition) is 3. The third-order valence-corrected chi connectivity index (χ3v) is 6.92. The lowest BCUT2D eigenvalue weighted by atomic mass is 10.1. The lowest BCUT2D eigenvalue weighted by Crippen LogP contribution is -2.30. The predicted molar refractivity (Wildman–Crippen MR) is 147 cm³/mol. The van der Waals surface area contributed by atoms with Crippen molar-refractivity contribution in [2.45, 2.75) is 51.9 Å². The van der Waals surface area contributed by atoms with Crippen LogP contribution in [0.15, 0.2) is 36.7 Å². The summed E-state index contributed by atoms with van der Waals surface area (Å²) in [7, 11) is 0. The minimum absolute atomic E-state index is 0.0982. The van der Waals surface area contributed by atoms with E-state index in [4.69, 9.17) is 10.7 Å². The highest BCUT2D eigenvalue weighted by atomic mass is 16.1. The minimum atomic E-state index is -0.637. The smallest absolute Gasteiger partial charge is 0.271 e. The molecule has 0 aliphatic carbocycles. The van der Waals surface area contributed by atoms with Crippen LogP contribution in [-0.2, 0) is 6.42 Å². The third kappa shape index (κ3) is 5.90. The first kappa shape index (κ1) is 24.7. The van der Waals surface area contributed by atoms with E-state index in [2.05, 4.69) is 35.4 Å². The number of nitrogens with two attached hydrogens (primary N) is 1. The molecule has 0 aromatic carbocycles. The summed E-state index contributed by atoms with van der Waals surface area (Å²) < 4.78 is 0. The maximum absolute atomic E-state index is 12.2. The van der Waals surface area contributed by atoms with Crippen LogP contribution in [0.5, 0.6) is 0 Å². The van der Waals surface area contributed by atoms with Crippen molar-refractivity contribution in [2.75, 3.05) is 46.6 Å². The Morgan fingerprint density at radius 1 is 0.784 bits per heavy atom. The second kappa shape index (κ2) is 11.4. The van der Waals surface area contributed by atoms with Crippen molar-refractivity contribution in [3.63, 3.8) is 0 Å². The normalized spacial score (nSPS) is 15.9. The highest BCUT2D eigenvalue weighted by Gasteiger charge is 2.19. The Hall–Kier alpha value is -3.95. The van der Waals surface area contributed by atoms with Crippen LogP contribution in [0.2, 0.25) is 0 Å². The predicted octanol–water partition coefficient (Wildman–Crippen LogP) is 4.40. The highest BCUT2D eigenvalue weighted by molar-refractivity contribution is 5.96. The Balaban J connectivity index is 1.36. The summed E-state index contributed by atoms with van der Waals surface area (Å²) in [6, 6.07) is 7.95. The van der Waals surface area contributed by atoms with Crippen molar-refractivity contribution in [3.8, 4) is 0 Å². The number of anilines is 6. The number of primary amides is 1. The molecule has 0 spiro atoms. The minimum Gasteiger partial charge on any atom is -0.364 e. The lowest BCUT2D eigenvalue weighted by Gasteiger charge is -2.27. The molecule has 194 valence electrons. The number of rotatable bonds is 8. The van der Waals surface area contributed by atoms with Crippen LogP contribution in [0.3, 0.4) is 0 Å². The molecule has 2 aliphatic heterocycles. The first-order valence-corrected chi connectivity index (χ1v) is 13.3. The number of nitrogens with zero attached hydrogens (tertiary/aromatic N) is 6. The molecule has 2 fully saturated rings. The molecule has 5 rings (SSSR count). The summed E-state index contributed by atoms with van der Waals surface area (Å²) in [6.07, 6.45) is 11.5. The van der Waals surface area contributed by atoms with E-state index >= 15 is 0 Å². The van der Waals surface area contributed by atoms with E-state index in [0.29, 0.717) is 23.6 Å². The highest BCUT2D eigenvalue weighted by Crippen LogP contribution is 2.27. The summed E-state index contributed by atoms with van der Waals surface area (Å²) in [5.41, 5.74) is 7.92. The Morgan fingerprint density at radius 2 is 1.30 bits per heavy atom. The molecule has 5 heterocycles. The zero-order valence-corrected chi connectivity index (χ0v) is 21.4. The molecular formula is C27H35N9O. The third-order valence-electron chi connectivity index (χ3n) is 6.92. The van der Waals surface area contributed by atoms with E-state index in [-0.39, 0.29) is 11.5 Å². The van der Waals surface area contributed by atoms with Crippen LogP contribution < -0.4 is 26.2 Å². The fourth-order valence-electron chi connectivity index (χ4n) is 4.89. The summed E-state index contributed by atoms with van der Waals surface area (Å²) in [6.45, 7) is 6.11. The molecule has 4 N–H and O–H groups in total. The van der Waals surface area contributed by atoms with Crippen LogP contribution in [0.4, 0.5) is 34.6 Å². The van der Waals surface area contributed by atoms with E-state index in [1.54, 1.807) is 6.20 Å². The molecule has 37 heavy (non-hydrogen) atoms. The molecule has 0 unspecified atom stereocenters. The second-order valence-electron chi connectivity index (χ2n) is 9.59. The number of piperidine rings is 2. The number of amides is 1. The van der Waals surface area contributed by atoms with Crippen molar-refractivity contribution in [1.29, 1.82) is 0 Å². The van der Waals surface area contributed by atoms with Gasteiger partial charge in [0, 0.05) is 26.2 Å². The van der Waals surface area contributed by atoms with Gasteiger partial charge in [-0.1, -0.05) is 6.92 Å². The number of aryl methyl sites for hydroxylation is 1. The molecule has 0 saturated carbocycles. The quantitative estimate of drug-likeness (QED) is 0.412. The van der Waals surface area contributed by atoms with Gasteiger partial charge < -0.3 is 26.2 Å². The summed E-state index contributed by atoms with van der Waals surface area (Å²) in [5, 5.41) is 6.52. The maximum Gasteiger partial charge on any atom is 0.271 e. The van der Waals surface area contributed by atoms with Crippen molar-refractivity contribution in [3.05, 3.63) is 48.0 Å². The Kier molecular flexibility index (Phi) is 7.62. The van der Waals surface area contributed by atoms with Gasteiger partial charge in [0.2, 0.25) is 0 Å².